The van der Waals surface area contributed by atoms with Crippen LogP contribution in [0.2, 0.25) is 0 Å². The molecule has 0 radical (unpaired) electrons. The molecule has 1 amide bonds. The molecule has 2 aromatic carbocycles. The fourth-order valence-electron chi connectivity index (χ4n) is 8.19. The first kappa shape index (κ1) is 28.9. The highest BCUT2D eigenvalue weighted by Crippen LogP contribution is 2.65. The van der Waals surface area contributed by atoms with Gasteiger partial charge in [-0.25, -0.2) is 4.79 Å². The molecule has 4 aliphatic rings. The van der Waals surface area contributed by atoms with Crippen molar-refractivity contribution in [3.8, 4) is 11.1 Å². The summed E-state index contributed by atoms with van der Waals surface area (Å²) in [4.78, 5) is 53.2. The van der Waals surface area contributed by atoms with Crippen molar-refractivity contribution in [1.29, 1.82) is 0 Å². The predicted octanol–water partition coefficient (Wildman–Crippen LogP) is 4.58. The zero-order chi connectivity index (χ0) is 30.2. The van der Waals surface area contributed by atoms with E-state index in [-0.39, 0.29) is 30.5 Å². The number of ether oxygens (including phenoxy) is 2. The van der Waals surface area contributed by atoms with Gasteiger partial charge in [0.1, 0.15) is 12.6 Å². The third-order valence-corrected chi connectivity index (χ3v) is 9.80. The molecule has 3 aromatic rings. The highest BCUT2D eigenvalue weighted by atomic mass is 16.5. The molecule has 8 heteroatoms. The SMILES string of the molecule is COC(=O)C12CC3CC(CC(C(=O)N[C@@H](Cc4ccc(-c5cccn(C)c5=O)cc4)C(=O)OCc4ccccc4)(C3)C1)C2. The number of hydrogen-bond donors (Lipinski definition) is 1. The number of amides is 1. The molecule has 1 aromatic heterocycles. The van der Waals surface area contributed by atoms with Gasteiger partial charge in [0.2, 0.25) is 5.91 Å². The largest absolute Gasteiger partial charge is 0.469 e. The first-order valence-corrected chi connectivity index (χ1v) is 15.1. The number of pyridine rings is 1. The number of carbonyl (C=O) groups excluding carboxylic acids is 3. The van der Waals surface area contributed by atoms with E-state index in [1.165, 1.54) is 11.7 Å². The lowest BCUT2D eigenvalue weighted by Crippen LogP contribution is -2.61. The Morgan fingerprint density at radius 3 is 2.26 bits per heavy atom. The summed E-state index contributed by atoms with van der Waals surface area (Å²) in [6, 6.07) is 19.6. The minimum Gasteiger partial charge on any atom is -0.469 e. The van der Waals surface area contributed by atoms with Gasteiger partial charge in [0.15, 0.2) is 0 Å². The lowest BCUT2D eigenvalue weighted by Gasteiger charge is -2.59. The smallest absolute Gasteiger partial charge is 0.329 e. The number of hydrogen-bond acceptors (Lipinski definition) is 6. The Labute approximate surface area is 251 Å². The Bertz CT molecular complexity index is 1560. The van der Waals surface area contributed by atoms with Gasteiger partial charge in [0, 0.05) is 25.2 Å². The quantitative estimate of drug-likeness (QED) is 0.371. The Kier molecular flexibility index (Phi) is 7.71. The molecule has 3 atom stereocenters. The van der Waals surface area contributed by atoms with Crippen LogP contribution in [-0.2, 0) is 43.9 Å². The van der Waals surface area contributed by atoms with Crippen molar-refractivity contribution in [2.45, 2.75) is 57.6 Å². The van der Waals surface area contributed by atoms with E-state index in [0.717, 1.165) is 48.8 Å². The van der Waals surface area contributed by atoms with Crippen molar-refractivity contribution in [2.75, 3.05) is 7.11 Å². The molecule has 4 bridgehead atoms. The molecule has 43 heavy (non-hydrogen) atoms. The van der Waals surface area contributed by atoms with Gasteiger partial charge >= 0.3 is 11.9 Å². The van der Waals surface area contributed by atoms with Crippen LogP contribution in [-0.4, -0.2) is 35.6 Å². The third-order valence-electron chi connectivity index (χ3n) is 9.80. The second-order valence-electron chi connectivity index (χ2n) is 12.9. The summed E-state index contributed by atoms with van der Waals surface area (Å²) in [7, 11) is 3.14. The lowest BCUT2D eigenvalue weighted by atomic mass is 9.44. The van der Waals surface area contributed by atoms with Crippen LogP contribution >= 0.6 is 0 Å². The van der Waals surface area contributed by atoms with Gasteiger partial charge in [-0.05, 0) is 79.2 Å². The van der Waals surface area contributed by atoms with Gasteiger partial charge in [0.25, 0.3) is 5.56 Å². The standard InChI is InChI=1S/C35H38N2O6/c1-37-14-6-9-28(30(37)38)27-12-10-23(11-13-27)16-29(31(39)43-21-24-7-4-3-5-8-24)36-32(40)34-17-25-15-26(18-34)20-35(19-25,22-34)33(41)42-2/h3-14,25-26,29H,15-22H2,1-2H3,(H,36,40)/t25?,26?,29-,34?,35?/m0/s1. The van der Waals surface area contributed by atoms with Gasteiger partial charge in [-0.3, -0.25) is 14.4 Å². The van der Waals surface area contributed by atoms with Crippen LogP contribution in [0.1, 0.15) is 49.7 Å². The molecule has 0 aliphatic heterocycles. The molecule has 4 saturated carbocycles. The number of nitrogens with one attached hydrogen (secondary N) is 1. The summed E-state index contributed by atoms with van der Waals surface area (Å²) in [5, 5.41) is 3.08. The Hall–Kier alpha value is -4.20. The minimum atomic E-state index is -0.909. The van der Waals surface area contributed by atoms with E-state index in [0.29, 0.717) is 23.8 Å². The van der Waals surface area contributed by atoms with Gasteiger partial charge < -0.3 is 19.4 Å². The zero-order valence-corrected chi connectivity index (χ0v) is 24.7. The molecule has 1 N–H and O–H groups in total. The monoisotopic (exact) mass is 582 g/mol. The fourth-order valence-corrected chi connectivity index (χ4v) is 8.19. The predicted molar refractivity (Wildman–Crippen MR) is 161 cm³/mol. The molecular weight excluding hydrogens is 544 g/mol. The molecule has 7 rings (SSSR count). The van der Waals surface area contributed by atoms with Crippen molar-refractivity contribution in [2.24, 2.45) is 29.7 Å². The molecular formula is C35H38N2O6. The number of benzene rings is 2. The summed E-state index contributed by atoms with van der Waals surface area (Å²) >= 11 is 0. The average molecular weight is 583 g/mol. The highest BCUT2D eigenvalue weighted by molar-refractivity contribution is 5.90. The van der Waals surface area contributed by atoms with Crippen LogP contribution in [0.15, 0.2) is 77.7 Å². The maximum Gasteiger partial charge on any atom is 0.329 e. The van der Waals surface area contributed by atoms with Crippen LogP contribution in [0.4, 0.5) is 0 Å². The van der Waals surface area contributed by atoms with Crippen molar-refractivity contribution >= 4 is 17.8 Å². The van der Waals surface area contributed by atoms with E-state index >= 15 is 0 Å². The maximum absolute atomic E-state index is 14.1. The topological polar surface area (TPSA) is 104 Å². The number of nitrogens with zero attached hydrogens (tertiary/aromatic N) is 1. The summed E-state index contributed by atoms with van der Waals surface area (Å²) in [6.45, 7) is 0.100. The Morgan fingerprint density at radius 1 is 0.907 bits per heavy atom. The maximum atomic E-state index is 14.1. The van der Waals surface area contributed by atoms with E-state index in [9.17, 15) is 19.2 Å². The van der Waals surface area contributed by atoms with Gasteiger partial charge in [-0.2, -0.15) is 0 Å². The Morgan fingerprint density at radius 2 is 1.58 bits per heavy atom. The van der Waals surface area contributed by atoms with E-state index in [2.05, 4.69) is 5.32 Å². The average Bonchev–Trinajstić information content (AvgIpc) is 3.00. The molecule has 0 saturated heterocycles. The molecule has 1 heterocycles. The van der Waals surface area contributed by atoms with E-state index in [1.807, 2.05) is 60.7 Å². The van der Waals surface area contributed by atoms with Crippen LogP contribution in [0, 0.1) is 22.7 Å². The Balaban J connectivity index is 1.23. The van der Waals surface area contributed by atoms with Crippen LogP contribution < -0.4 is 10.9 Å². The number of aryl methyl sites for hydroxylation is 1. The van der Waals surface area contributed by atoms with E-state index < -0.39 is 22.8 Å². The zero-order valence-electron chi connectivity index (χ0n) is 24.7. The number of carbonyl (C=O) groups is 3. The molecule has 4 aliphatic carbocycles. The summed E-state index contributed by atoms with van der Waals surface area (Å²) in [5.41, 5.74) is 1.64. The normalized spacial score (nSPS) is 26.0. The lowest BCUT2D eigenvalue weighted by molar-refractivity contribution is -0.182. The summed E-state index contributed by atoms with van der Waals surface area (Å²) in [5.74, 6) is -0.307. The molecule has 8 nitrogen and oxygen atoms in total. The fraction of sp³-hybridized carbons (Fsp3) is 0.429. The number of rotatable bonds is 9. The second-order valence-corrected chi connectivity index (χ2v) is 12.9. The van der Waals surface area contributed by atoms with Crippen molar-refractivity contribution < 1.29 is 23.9 Å². The van der Waals surface area contributed by atoms with Crippen LogP contribution in [0.3, 0.4) is 0 Å². The summed E-state index contributed by atoms with van der Waals surface area (Å²) < 4.78 is 12.5. The molecule has 4 fully saturated rings. The minimum absolute atomic E-state index is 0.0924. The molecule has 2 unspecified atom stereocenters. The first-order chi connectivity index (χ1) is 20.7. The van der Waals surface area contributed by atoms with Crippen LogP contribution in [0.25, 0.3) is 11.1 Å². The van der Waals surface area contributed by atoms with Gasteiger partial charge in [-0.1, -0.05) is 54.6 Å². The third kappa shape index (κ3) is 5.63. The number of esters is 2. The van der Waals surface area contributed by atoms with E-state index in [4.69, 9.17) is 9.47 Å². The van der Waals surface area contributed by atoms with Crippen molar-refractivity contribution in [3.63, 3.8) is 0 Å². The molecule has 0 spiro atoms. The van der Waals surface area contributed by atoms with E-state index in [1.54, 1.807) is 19.3 Å². The van der Waals surface area contributed by atoms with Crippen molar-refractivity contribution in [1.82, 2.24) is 9.88 Å². The van der Waals surface area contributed by atoms with Crippen molar-refractivity contribution in [3.05, 3.63) is 94.4 Å². The van der Waals surface area contributed by atoms with Gasteiger partial charge in [-0.15, -0.1) is 0 Å². The summed E-state index contributed by atoms with van der Waals surface area (Å²) in [6.07, 6.45) is 6.42. The second kappa shape index (κ2) is 11.5. The first-order valence-electron chi connectivity index (χ1n) is 15.1. The van der Waals surface area contributed by atoms with Crippen LogP contribution in [0.5, 0.6) is 0 Å². The number of methoxy groups -OCH3 is 1. The van der Waals surface area contributed by atoms with Gasteiger partial charge in [0.05, 0.1) is 17.9 Å². The molecule has 224 valence electrons. The highest BCUT2D eigenvalue weighted by Gasteiger charge is 2.63. The number of aromatic nitrogens is 1.